The Kier molecular flexibility index (Phi) is 12.6. The van der Waals surface area contributed by atoms with Crippen molar-refractivity contribution in [1.29, 1.82) is 0 Å². The Balaban J connectivity index is 1.59. The molecule has 2 amide bonds. The Hall–Kier alpha value is -2.42. The molecule has 8 heteroatoms. The van der Waals surface area contributed by atoms with Crippen LogP contribution in [0.5, 0.6) is 5.75 Å². The summed E-state index contributed by atoms with van der Waals surface area (Å²) in [6.45, 7) is 11.7. The minimum atomic E-state index is -0.639. The molecule has 0 radical (unpaired) electrons. The molecule has 1 heterocycles. The average Bonchev–Trinajstić information content (AvgIpc) is 2.92. The third kappa shape index (κ3) is 9.71. The number of rotatable bonds is 14. The van der Waals surface area contributed by atoms with Gasteiger partial charge in [0.1, 0.15) is 11.8 Å². The fraction of sp³-hybridized carbons (Fsp3) is 0.533. The molecule has 0 bridgehead atoms. The second-order valence-corrected chi connectivity index (χ2v) is 11.0. The summed E-state index contributed by atoms with van der Waals surface area (Å²) in [4.78, 5) is 33.2. The Morgan fingerprint density at radius 2 is 1.61 bits per heavy atom. The molecule has 1 aliphatic heterocycles. The van der Waals surface area contributed by atoms with Gasteiger partial charge in [-0.2, -0.15) is 0 Å². The van der Waals surface area contributed by atoms with Gasteiger partial charge in [0.15, 0.2) is 0 Å². The van der Waals surface area contributed by atoms with E-state index in [9.17, 15) is 9.59 Å². The summed E-state index contributed by atoms with van der Waals surface area (Å²) >= 11 is 3.41. The maximum Gasteiger partial charge on any atom is 0.251 e. The van der Waals surface area contributed by atoms with Crippen molar-refractivity contribution in [3.8, 4) is 5.75 Å². The molecule has 0 saturated carbocycles. The summed E-state index contributed by atoms with van der Waals surface area (Å²) in [6, 6.07) is 14.4. The number of likely N-dealkylation sites (N-methyl/N-ethyl adjacent to an activating group) is 1. The number of carbonyl (C=O) groups is 2. The minimum Gasteiger partial charge on any atom is -0.494 e. The molecule has 1 atom stereocenters. The molecule has 7 nitrogen and oxygen atoms in total. The van der Waals surface area contributed by atoms with Crippen LogP contribution in [0.2, 0.25) is 0 Å². The van der Waals surface area contributed by atoms with Crippen molar-refractivity contribution in [2.75, 3.05) is 59.5 Å². The number of piperazine rings is 1. The zero-order chi connectivity index (χ0) is 27.3. The van der Waals surface area contributed by atoms with E-state index in [1.807, 2.05) is 41.3 Å². The van der Waals surface area contributed by atoms with Crippen LogP contribution in [-0.2, 0) is 11.2 Å². The van der Waals surface area contributed by atoms with E-state index >= 15 is 0 Å². The summed E-state index contributed by atoms with van der Waals surface area (Å²) in [5.74, 6) is 0.542. The zero-order valence-electron chi connectivity index (χ0n) is 23.1. The normalized spacial score (nSPS) is 15.2. The van der Waals surface area contributed by atoms with Crippen molar-refractivity contribution in [3.63, 3.8) is 0 Å². The third-order valence-electron chi connectivity index (χ3n) is 6.86. The first-order chi connectivity index (χ1) is 18.4. The van der Waals surface area contributed by atoms with Crippen LogP contribution in [0, 0.1) is 0 Å². The van der Waals surface area contributed by atoms with Crippen LogP contribution >= 0.6 is 15.9 Å². The van der Waals surface area contributed by atoms with Gasteiger partial charge in [-0.1, -0.05) is 41.9 Å². The molecule has 208 valence electrons. The molecular weight excluding hydrogens is 544 g/mol. The van der Waals surface area contributed by atoms with E-state index in [0.29, 0.717) is 31.7 Å². The highest BCUT2D eigenvalue weighted by atomic mass is 79.9. The maximum absolute atomic E-state index is 13.5. The lowest BCUT2D eigenvalue weighted by Crippen LogP contribution is -2.50. The second-order valence-electron chi connectivity index (χ2n) is 10.1. The van der Waals surface area contributed by atoms with E-state index < -0.39 is 6.04 Å². The quantitative estimate of drug-likeness (QED) is 0.331. The van der Waals surface area contributed by atoms with Crippen molar-refractivity contribution in [2.45, 2.75) is 45.6 Å². The fourth-order valence-corrected chi connectivity index (χ4v) is 4.91. The molecule has 0 aliphatic carbocycles. The first-order valence-corrected chi connectivity index (χ1v) is 14.7. The molecule has 1 N–H and O–H groups in total. The van der Waals surface area contributed by atoms with Gasteiger partial charge < -0.3 is 24.8 Å². The van der Waals surface area contributed by atoms with Crippen molar-refractivity contribution in [3.05, 3.63) is 64.1 Å². The van der Waals surface area contributed by atoms with Crippen LogP contribution in [0.25, 0.3) is 0 Å². The largest absolute Gasteiger partial charge is 0.494 e. The van der Waals surface area contributed by atoms with Gasteiger partial charge in [0.25, 0.3) is 5.91 Å². The predicted molar refractivity (Wildman–Crippen MR) is 157 cm³/mol. The molecule has 0 spiro atoms. The Morgan fingerprint density at radius 3 is 2.21 bits per heavy atom. The van der Waals surface area contributed by atoms with E-state index in [-0.39, 0.29) is 11.8 Å². The summed E-state index contributed by atoms with van der Waals surface area (Å²) in [5.41, 5.74) is 1.51. The van der Waals surface area contributed by atoms with E-state index in [0.717, 1.165) is 67.8 Å². The maximum atomic E-state index is 13.5. The smallest absolute Gasteiger partial charge is 0.251 e. The highest BCUT2D eigenvalue weighted by Crippen LogP contribution is 2.16. The van der Waals surface area contributed by atoms with Gasteiger partial charge in [0.05, 0.1) is 6.61 Å². The number of hydrogen-bond acceptors (Lipinski definition) is 5. The highest BCUT2D eigenvalue weighted by Gasteiger charge is 2.26. The zero-order valence-corrected chi connectivity index (χ0v) is 24.7. The van der Waals surface area contributed by atoms with Crippen molar-refractivity contribution in [1.82, 2.24) is 20.0 Å². The molecule has 1 aliphatic rings. The number of halogens is 1. The van der Waals surface area contributed by atoms with Gasteiger partial charge in [-0.25, -0.2) is 0 Å². The molecule has 1 unspecified atom stereocenters. The number of amides is 2. The SMILES string of the molecule is CCCN(CCC)C(=O)C(Cc1ccc(OCCCN2CCN(C)CC2)cc1)NC(=O)c1ccc(Br)cc1. The third-order valence-corrected chi connectivity index (χ3v) is 7.38. The predicted octanol–water partition coefficient (Wildman–Crippen LogP) is 4.46. The molecule has 2 aromatic carbocycles. The number of ether oxygens (including phenoxy) is 1. The molecule has 38 heavy (non-hydrogen) atoms. The molecule has 0 aromatic heterocycles. The Labute approximate surface area is 236 Å². The van der Waals surface area contributed by atoms with Crippen molar-refractivity contribution in [2.24, 2.45) is 0 Å². The van der Waals surface area contributed by atoms with Crippen LogP contribution in [0.1, 0.15) is 49.0 Å². The van der Waals surface area contributed by atoms with E-state index in [4.69, 9.17) is 4.74 Å². The van der Waals surface area contributed by atoms with Crippen LogP contribution in [0.15, 0.2) is 53.0 Å². The van der Waals surface area contributed by atoms with Gasteiger partial charge >= 0.3 is 0 Å². The number of nitrogens with one attached hydrogen (secondary N) is 1. The van der Waals surface area contributed by atoms with Crippen molar-refractivity contribution < 1.29 is 14.3 Å². The number of hydrogen-bond donors (Lipinski definition) is 1. The first kappa shape index (κ1) is 30.1. The van der Waals surface area contributed by atoms with Gasteiger partial charge in [-0.15, -0.1) is 0 Å². The number of nitrogens with zero attached hydrogens (tertiary/aromatic N) is 3. The number of carbonyl (C=O) groups excluding carboxylic acids is 2. The first-order valence-electron chi connectivity index (χ1n) is 13.9. The fourth-order valence-electron chi connectivity index (χ4n) is 4.64. The lowest BCUT2D eigenvalue weighted by Gasteiger charge is -2.32. The van der Waals surface area contributed by atoms with Gasteiger partial charge in [0, 0.05) is 62.3 Å². The number of benzene rings is 2. The van der Waals surface area contributed by atoms with Crippen molar-refractivity contribution >= 4 is 27.7 Å². The minimum absolute atomic E-state index is 0.0385. The van der Waals surface area contributed by atoms with Crippen LogP contribution < -0.4 is 10.1 Å². The van der Waals surface area contributed by atoms with Crippen LogP contribution in [0.3, 0.4) is 0 Å². The molecule has 1 fully saturated rings. The lowest BCUT2D eigenvalue weighted by molar-refractivity contribution is -0.133. The van der Waals surface area contributed by atoms with Crippen LogP contribution in [0.4, 0.5) is 0 Å². The van der Waals surface area contributed by atoms with Gasteiger partial charge in [-0.3, -0.25) is 9.59 Å². The lowest BCUT2D eigenvalue weighted by atomic mass is 10.0. The van der Waals surface area contributed by atoms with Gasteiger partial charge in [-0.05, 0) is 68.3 Å². The second kappa shape index (κ2) is 15.9. The molecule has 3 rings (SSSR count). The van der Waals surface area contributed by atoms with E-state index in [2.05, 4.69) is 51.9 Å². The Bertz CT molecular complexity index is 986. The summed E-state index contributed by atoms with van der Waals surface area (Å²) in [7, 11) is 2.17. The monoisotopic (exact) mass is 586 g/mol. The average molecular weight is 588 g/mol. The Morgan fingerprint density at radius 1 is 0.974 bits per heavy atom. The van der Waals surface area contributed by atoms with E-state index in [1.165, 1.54) is 0 Å². The van der Waals surface area contributed by atoms with Crippen LogP contribution in [-0.4, -0.2) is 92.0 Å². The molecule has 1 saturated heterocycles. The summed E-state index contributed by atoms with van der Waals surface area (Å²) < 4.78 is 6.88. The molecular formula is C30H43BrN4O3. The highest BCUT2D eigenvalue weighted by molar-refractivity contribution is 9.10. The topological polar surface area (TPSA) is 65.1 Å². The molecule has 2 aromatic rings. The van der Waals surface area contributed by atoms with E-state index in [1.54, 1.807) is 12.1 Å². The standard InChI is InChI=1S/C30H43BrN4O3/c1-4-15-35(16-5-2)30(37)28(32-29(36)25-9-11-26(31)12-10-25)23-24-7-13-27(14-8-24)38-22-6-17-34-20-18-33(3)19-21-34/h7-14,28H,4-6,15-23H2,1-3H3,(H,32,36). The summed E-state index contributed by atoms with van der Waals surface area (Å²) in [5, 5.41) is 3.00. The summed E-state index contributed by atoms with van der Waals surface area (Å²) in [6.07, 6.45) is 3.17. The van der Waals surface area contributed by atoms with Gasteiger partial charge in [0.2, 0.25) is 5.91 Å².